The minimum atomic E-state index is 0.293. The van der Waals surface area contributed by atoms with Crippen molar-refractivity contribution in [1.82, 2.24) is 9.97 Å². The van der Waals surface area contributed by atoms with Gasteiger partial charge in [0.15, 0.2) is 0 Å². The van der Waals surface area contributed by atoms with Gasteiger partial charge in [-0.05, 0) is 12.8 Å². The van der Waals surface area contributed by atoms with Crippen LogP contribution in [0, 0.1) is 11.3 Å². The number of rotatable bonds is 3. The monoisotopic (exact) mass is 248 g/mol. The molecule has 90 valence electrons. The molecule has 1 aromatic rings. The molecule has 0 aromatic carbocycles. The van der Waals surface area contributed by atoms with Crippen molar-refractivity contribution in [2.75, 3.05) is 5.73 Å². The highest BCUT2D eigenvalue weighted by molar-refractivity contribution is 7.99. The van der Waals surface area contributed by atoms with Crippen LogP contribution in [0.4, 0.5) is 5.82 Å². The first-order valence-electron chi connectivity index (χ1n) is 5.92. The largest absolute Gasteiger partial charge is 0.382 e. The Morgan fingerprint density at radius 1 is 1.41 bits per heavy atom. The summed E-state index contributed by atoms with van der Waals surface area (Å²) in [4.78, 5) is 8.31. The van der Waals surface area contributed by atoms with E-state index in [-0.39, 0.29) is 0 Å². The third kappa shape index (κ3) is 3.34. The number of hydrogen-bond acceptors (Lipinski definition) is 5. The highest BCUT2D eigenvalue weighted by Crippen LogP contribution is 2.29. The van der Waals surface area contributed by atoms with Gasteiger partial charge in [0.05, 0.1) is 11.9 Å². The van der Waals surface area contributed by atoms with Crippen LogP contribution in [0.15, 0.2) is 6.20 Å². The number of thioether (sulfide) groups is 1. The van der Waals surface area contributed by atoms with E-state index >= 15 is 0 Å². The zero-order valence-electron chi connectivity index (χ0n) is 9.72. The normalized spacial score (nSPS) is 16.6. The summed E-state index contributed by atoms with van der Waals surface area (Å²) in [6.45, 7) is 0. The third-order valence-electron chi connectivity index (χ3n) is 2.99. The van der Waals surface area contributed by atoms with Crippen molar-refractivity contribution in [1.29, 1.82) is 5.26 Å². The van der Waals surface area contributed by atoms with Gasteiger partial charge in [-0.1, -0.05) is 19.3 Å². The number of hydrogen-bond donors (Lipinski definition) is 1. The van der Waals surface area contributed by atoms with E-state index in [0.29, 0.717) is 11.4 Å². The van der Waals surface area contributed by atoms with E-state index in [1.807, 2.05) is 17.8 Å². The van der Waals surface area contributed by atoms with Gasteiger partial charge in [-0.3, -0.25) is 0 Å². The zero-order chi connectivity index (χ0) is 12.1. The number of nitrogens with zero attached hydrogens (tertiary/aromatic N) is 3. The van der Waals surface area contributed by atoms with Crippen molar-refractivity contribution in [3.63, 3.8) is 0 Å². The lowest BCUT2D eigenvalue weighted by Crippen LogP contribution is -2.09. The molecule has 1 fully saturated rings. The first-order chi connectivity index (χ1) is 8.29. The third-order valence-corrected chi connectivity index (χ3v) is 4.36. The zero-order valence-corrected chi connectivity index (χ0v) is 10.5. The summed E-state index contributed by atoms with van der Waals surface area (Å²) in [5.74, 6) is 1.82. The SMILES string of the molecule is N#Cc1cnc(CSC2CCCCC2)nc1N. The summed E-state index contributed by atoms with van der Waals surface area (Å²) < 4.78 is 0. The molecule has 4 nitrogen and oxygen atoms in total. The molecule has 2 rings (SSSR count). The first kappa shape index (κ1) is 12.2. The molecule has 0 radical (unpaired) electrons. The molecule has 0 saturated heterocycles. The van der Waals surface area contributed by atoms with Gasteiger partial charge in [0.25, 0.3) is 0 Å². The fourth-order valence-electron chi connectivity index (χ4n) is 2.01. The van der Waals surface area contributed by atoms with Crippen molar-refractivity contribution < 1.29 is 0 Å². The Hall–Kier alpha value is -1.28. The fourth-order valence-corrected chi connectivity index (χ4v) is 3.20. The van der Waals surface area contributed by atoms with Gasteiger partial charge in [-0.25, -0.2) is 9.97 Å². The summed E-state index contributed by atoms with van der Waals surface area (Å²) in [5.41, 5.74) is 6.02. The van der Waals surface area contributed by atoms with Gasteiger partial charge in [-0.15, -0.1) is 0 Å². The molecule has 1 heterocycles. The Labute approximate surface area is 106 Å². The van der Waals surface area contributed by atoms with E-state index < -0.39 is 0 Å². The molecule has 1 aliphatic rings. The molecule has 1 aromatic heterocycles. The summed E-state index contributed by atoms with van der Waals surface area (Å²) in [5, 5.41) is 9.47. The van der Waals surface area contributed by atoms with Crippen molar-refractivity contribution in [2.45, 2.75) is 43.1 Å². The number of anilines is 1. The highest BCUT2D eigenvalue weighted by Gasteiger charge is 2.14. The molecule has 2 N–H and O–H groups in total. The minimum absolute atomic E-state index is 0.293. The van der Waals surface area contributed by atoms with Gasteiger partial charge in [0.1, 0.15) is 23.3 Å². The smallest absolute Gasteiger partial charge is 0.145 e. The van der Waals surface area contributed by atoms with Crippen LogP contribution in [0.5, 0.6) is 0 Å². The Kier molecular flexibility index (Phi) is 4.21. The Balaban J connectivity index is 1.90. The number of nitrogens with two attached hydrogens (primary N) is 1. The van der Waals surface area contributed by atoms with E-state index in [4.69, 9.17) is 11.0 Å². The van der Waals surface area contributed by atoms with Gasteiger partial charge >= 0.3 is 0 Å². The average molecular weight is 248 g/mol. The maximum Gasteiger partial charge on any atom is 0.145 e. The topological polar surface area (TPSA) is 75.6 Å². The number of nitriles is 1. The van der Waals surface area contributed by atoms with E-state index in [1.165, 1.54) is 38.3 Å². The van der Waals surface area contributed by atoms with Crippen LogP contribution in [0.1, 0.15) is 43.5 Å². The molecule has 0 bridgehead atoms. The number of nitrogen functional groups attached to an aromatic ring is 1. The van der Waals surface area contributed by atoms with Crippen LogP contribution in [0.2, 0.25) is 0 Å². The van der Waals surface area contributed by atoms with E-state index in [1.54, 1.807) is 0 Å². The molecule has 0 spiro atoms. The lowest BCUT2D eigenvalue weighted by Gasteiger charge is -2.20. The van der Waals surface area contributed by atoms with Crippen LogP contribution in [0.3, 0.4) is 0 Å². The first-order valence-corrected chi connectivity index (χ1v) is 6.97. The molecular formula is C12H16N4S. The Morgan fingerprint density at radius 2 is 2.18 bits per heavy atom. The summed E-state index contributed by atoms with van der Waals surface area (Å²) in [7, 11) is 0. The van der Waals surface area contributed by atoms with Crippen LogP contribution in [0.25, 0.3) is 0 Å². The van der Waals surface area contributed by atoms with Gasteiger partial charge in [0, 0.05) is 5.25 Å². The number of aromatic nitrogens is 2. The second kappa shape index (κ2) is 5.87. The van der Waals surface area contributed by atoms with Gasteiger partial charge in [0.2, 0.25) is 0 Å². The lowest BCUT2D eigenvalue weighted by atomic mass is 10.0. The molecule has 0 atom stereocenters. The van der Waals surface area contributed by atoms with Crippen molar-refractivity contribution in [2.24, 2.45) is 0 Å². The Morgan fingerprint density at radius 3 is 2.82 bits per heavy atom. The quantitative estimate of drug-likeness (QED) is 0.889. The van der Waals surface area contributed by atoms with Crippen LogP contribution >= 0.6 is 11.8 Å². The van der Waals surface area contributed by atoms with Gasteiger partial charge in [-0.2, -0.15) is 17.0 Å². The van der Waals surface area contributed by atoms with Crippen molar-refractivity contribution >= 4 is 17.6 Å². The molecule has 0 aliphatic heterocycles. The van der Waals surface area contributed by atoms with Crippen molar-refractivity contribution in [3.05, 3.63) is 17.6 Å². The second-order valence-corrected chi connectivity index (χ2v) is 5.56. The second-order valence-electron chi connectivity index (χ2n) is 4.27. The molecular weight excluding hydrogens is 232 g/mol. The van der Waals surface area contributed by atoms with Gasteiger partial charge < -0.3 is 5.73 Å². The summed E-state index contributed by atoms with van der Waals surface area (Å²) in [6, 6.07) is 1.97. The molecule has 0 unspecified atom stereocenters. The lowest BCUT2D eigenvalue weighted by molar-refractivity contribution is 0.516. The maximum atomic E-state index is 8.73. The molecule has 1 saturated carbocycles. The average Bonchev–Trinajstić information content (AvgIpc) is 2.38. The molecule has 1 aliphatic carbocycles. The predicted octanol–water partition coefficient (Wildman–Crippen LogP) is 2.50. The predicted molar refractivity (Wildman–Crippen MR) is 69.3 cm³/mol. The maximum absolute atomic E-state index is 8.73. The van der Waals surface area contributed by atoms with E-state index in [9.17, 15) is 0 Å². The molecule has 0 amide bonds. The molecule has 5 heteroatoms. The highest BCUT2D eigenvalue weighted by atomic mass is 32.2. The standard InChI is InChI=1S/C12H16N4S/c13-6-9-7-15-11(16-12(9)14)8-17-10-4-2-1-3-5-10/h7,10H,1-5,8H2,(H2,14,15,16). The summed E-state index contributed by atoms with van der Waals surface area (Å²) in [6.07, 6.45) is 8.17. The van der Waals surface area contributed by atoms with Crippen LogP contribution in [-0.4, -0.2) is 15.2 Å². The Bertz CT molecular complexity index is 421. The van der Waals surface area contributed by atoms with Crippen LogP contribution < -0.4 is 5.73 Å². The molecule has 17 heavy (non-hydrogen) atoms. The minimum Gasteiger partial charge on any atom is -0.382 e. The summed E-state index contributed by atoms with van der Waals surface area (Å²) >= 11 is 1.91. The van der Waals surface area contributed by atoms with Crippen molar-refractivity contribution in [3.8, 4) is 6.07 Å². The van der Waals surface area contributed by atoms with E-state index in [0.717, 1.165) is 16.8 Å². The van der Waals surface area contributed by atoms with Crippen LogP contribution in [-0.2, 0) is 5.75 Å². The fraction of sp³-hybridized carbons (Fsp3) is 0.583. The van der Waals surface area contributed by atoms with E-state index in [2.05, 4.69) is 9.97 Å².